The van der Waals surface area contributed by atoms with E-state index in [9.17, 15) is 0 Å². The monoisotopic (exact) mass is 287 g/mol. The van der Waals surface area contributed by atoms with Crippen LogP contribution in [0.4, 0.5) is 0 Å². The van der Waals surface area contributed by atoms with Crippen molar-refractivity contribution in [2.45, 2.75) is 13.0 Å². The molecular weight excluding hydrogens is 274 g/mol. The number of nitriles is 1. The van der Waals surface area contributed by atoms with E-state index in [-0.39, 0.29) is 0 Å². The average molecular weight is 287 g/mol. The summed E-state index contributed by atoms with van der Waals surface area (Å²) >= 11 is 9.28. The minimum absolute atomic E-state index is 0.432. The molecule has 0 N–H and O–H groups in total. The maximum atomic E-state index is 8.65. The summed E-state index contributed by atoms with van der Waals surface area (Å²) in [5.41, 5.74) is 2.04. The third-order valence-corrected chi connectivity index (χ3v) is 3.33. The lowest BCUT2D eigenvalue weighted by atomic mass is 10.1. The molecular formula is C14H13N3S2. The summed E-state index contributed by atoms with van der Waals surface area (Å²) in [4.78, 5) is 6.31. The van der Waals surface area contributed by atoms with Gasteiger partial charge in [-0.3, -0.25) is 4.98 Å². The number of thiol groups is 1. The summed E-state index contributed by atoms with van der Waals surface area (Å²) in [5, 5.41) is 9.75. The number of aromatic nitrogens is 1. The molecule has 0 saturated carbocycles. The Morgan fingerprint density at radius 2 is 2.21 bits per heavy atom. The van der Waals surface area contributed by atoms with E-state index in [4.69, 9.17) is 17.5 Å². The Kier molecular flexibility index (Phi) is 4.72. The third kappa shape index (κ3) is 3.66. The standard InChI is InChI=1S/C14H13N3S2/c15-6-3-7-17(14(18)19)10-11-8-12-4-1-2-5-13(12)16-9-11/h1-2,4-5,8-9H,3,7,10H2,(H,18,19). The highest BCUT2D eigenvalue weighted by Crippen LogP contribution is 2.15. The van der Waals surface area contributed by atoms with Gasteiger partial charge in [0.25, 0.3) is 0 Å². The molecule has 5 heteroatoms. The molecule has 3 nitrogen and oxygen atoms in total. The smallest absolute Gasteiger partial charge is 0.133 e. The van der Waals surface area contributed by atoms with E-state index in [0.29, 0.717) is 23.8 Å². The molecule has 2 aromatic rings. The van der Waals surface area contributed by atoms with Gasteiger partial charge in [0.1, 0.15) is 4.32 Å². The molecule has 19 heavy (non-hydrogen) atoms. The van der Waals surface area contributed by atoms with E-state index in [2.05, 4.69) is 29.7 Å². The van der Waals surface area contributed by atoms with Crippen molar-refractivity contribution in [1.82, 2.24) is 9.88 Å². The van der Waals surface area contributed by atoms with Crippen LogP contribution in [-0.2, 0) is 6.54 Å². The Labute approximate surface area is 123 Å². The van der Waals surface area contributed by atoms with Crippen LogP contribution < -0.4 is 0 Å². The van der Waals surface area contributed by atoms with Crippen LogP contribution >= 0.6 is 24.8 Å². The molecule has 0 aliphatic rings. The summed E-state index contributed by atoms with van der Waals surface area (Å²) in [7, 11) is 0. The van der Waals surface area contributed by atoms with Crippen LogP contribution in [0.3, 0.4) is 0 Å². The molecule has 0 atom stereocenters. The van der Waals surface area contributed by atoms with E-state index in [1.165, 1.54) is 0 Å². The zero-order chi connectivity index (χ0) is 13.7. The number of fused-ring (bicyclic) bond motifs is 1. The second-order valence-electron chi connectivity index (χ2n) is 4.15. The number of benzene rings is 1. The molecule has 2 rings (SSSR count). The second kappa shape index (κ2) is 6.50. The highest BCUT2D eigenvalue weighted by molar-refractivity contribution is 8.10. The van der Waals surface area contributed by atoms with Crippen molar-refractivity contribution in [1.29, 1.82) is 5.26 Å². The van der Waals surface area contributed by atoms with Gasteiger partial charge in [-0.15, -0.1) is 12.6 Å². The number of nitrogens with zero attached hydrogens (tertiary/aromatic N) is 3. The van der Waals surface area contributed by atoms with Crippen LogP contribution in [0.1, 0.15) is 12.0 Å². The minimum atomic E-state index is 0.432. The quantitative estimate of drug-likeness (QED) is 0.692. The lowest BCUT2D eigenvalue weighted by Gasteiger charge is -2.21. The van der Waals surface area contributed by atoms with Gasteiger partial charge in [0.15, 0.2) is 0 Å². The van der Waals surface area contributed by atoms with Crippen LogP contribution in [0, 0.1) is 11.3 Å². The van der Waals surface area contributed by atoms with Gasteiger partial charge in [-0.05, 0) is 17.7 Å². The van der Waals surface area contributed by atoms with Gasteiger partial charge in [-0.2, -0.15) is 5.26 Å². The summed E-state index contributed by atoms with van der Waals surface area (Å²) in [6.07, 6.45) is 2.27. The molecule has 0 fully saturated rings. The van der Waals surface area contributed by atoms with Crippen molar-refractivity contribution in [3.63, 3.8) is 0 Å². The Morgan fingerprint density at radius 3 is 2.95 bits per heavy atom. The number of thiocarbonyl (C=S) groups is 1. The average Bonchev–Trinajstić information content (AvgIpc) is 2.43. The fourth-order valence-electron chi connectivity index (χ4n) is 1.85. The predicted octanol–water partition coefficient (Wildman–Crippen LogP) is 3.17. The van der Waals surface area contributed by atoms with Crippen LogP contribution in [0.5, 0.6) is 0 Å². The molecule has 0 aliphatic heterocycles. The Bertz CT molecular complexity index is 634. The van der Waals surface area contributed by atoms with Crippen LogP contribution in [0.2, 0.25) is 0 Å². The Hall–Kier alpha value is -1.64. The maximum Gasteiger partial charge on any atom is 0.133 e. The molecule has 1 heterocycles. The molecule has 0 bridgehead atoms. The first-order valence-electron chi connectivity index (χ1n) is 5.89. The van der Waals surface area contributed by atoms with Gasteiger partial charge in [-0.25, -0.2) is 0 Å². The lowest BCUT2D eigenvalue weighted by Crippen LogP contribution is -2.26. The summed E-state index contributed by atoms with van der Waals surface area (Å²) in [6.45, 7) is 1.22. The number of para-hydroxylation sites is 1. The first-order valence-corrected chi connectivity index (χ1v) is 6.75. The van der Waals surface area contributed by atoms with E-state index in [0.717, 1.165) is 16.5 Å². The van der Waals surface area contributed by atoms with Gasteiger partial charge in [0, 0.05) is 24.7 Å². The highest BCUT2D eigenvalue weighted by Gasteiger charge is 2.07. The molecule has 1 aromatic heterocycles. The van der Waals surface area contributed by atoms with Gasteiger partial charge >= 0.3 is 0 Å². The zero-order valence-electron chi connectivity index (χ0n) is 10.3. The molecule has 0 aliphatic carbocycles. The number of pyridine rings is 1. The Morgan fingerprint density at radius 1 is 1.42 bits per heavy atom. The van der Waals surface area contributed by atoms with Crippen LogP contribution in [0.15, 0.2) is 36.5 Å². The van der Waals surface area contributed by atoms with Gasteiger partial charge < -0.3 is 4.90 Å². The lowest BCUT2D eigenvalue weighted by molar-refractivity contribution is 0.436. The van der Waals surface area contributed by atoms with E-state index >= 15 is 0 Å². The van der Waals surface area contributed by atoms with Gasteiger partial charge in [0.2, 0.25) is 0 Å². The Balaban J connectivity index is 2.19. The zero-order valence-corrected chi connectivity index (χ0v) is 12.0. The van der Waals surface area contributed by atoms with Crippen molar-refractivity contribution in [3.8, 4) is 6.07 Å². The summed E-state index contributed by atoms with van der Waals surface area (Å²) in [6, 6.07) is 12.2. The van der Waals surface area contributed by atoms with Crippen LogP contribution in [-0.4, -0.2) is 20.7 Å². The minimum Gasteiger partial charge on any atom is -0.352 e. The molecule has 0 saturated heterocycles. The summed E-state index contributed by atoms with van der Waals surface area (Å²) < 4.78 is 0.503. The van der Waals surface area contributed by atoms with E-state index < -0.39 is 0 Å². The number of hydrogen-bond donors (Lipinski definition) is 1. The van der Waals surface area contributed by atoms with Crippen molar-refractivity contribution < 1.29 is 0 Å². The van der Waals surface area contributed by atoms with E-state index in [1.54, 1.807) is 0 Å². The van der Waals surface area contributed by atoms with Gasteiger partial charge in [-0.1, -0.05) is 30.4 Å². The topological polar surface area (TPSA) is 39.9 Å². The first-order chi connectivity index (χ1) is 9.20. The maximum absolute atomic E-state index is 8.65. The SMILES string of the molecule is N#CCCN(Cc1cnc2ccccc2c1)C(=S)S. The molecule has 96 valence electrons. The van der Waals surface area contributed by atoms with Crippen molar-refractivity contribution in [2.75, 3.05) is 6.54 Å². The normalized spacial score (nSPS) is 10.1. The number of rotatable bonds is 4. The molecule has 0 amide bonds. The molecule has 0 unspecified atom stereocenters. The highest BCUT2D eigenvalue weighted by atomic mass is 32.1. The first kappa shape index (κ1) is 13.8. The largest absolute Gasteiger partial charge is 0.352 e. The predicted molar refractivity (Wildman–Crippen MR) is 84.0 cm³/mol. The van der Waals surface area contributed by atoms with Gasteiger partial charge in [0.05, 0.1) is 18.0 Å². The van der Waals surface area contributed by atoms with Crippen molar-refractivity contribution in [3.05, 3.63) is 42.1 Å². The molecule has 1 aromatic carbocycles. The van der Waals surface area contributed by atoms with E-state index in [1.807, 2.05) is 35.4 Å². The molecule has 0 spiro atoms. The summed E-state index contributed by atoms with van der Waals surface area (Å²) in [5.74, 6) is 0. The van der Waals surface area contributed by atoms with Crippen molar-refractivity contribution >= 4 is 40.1 Å². The molecule has 0 radical (unpaired) electrons. The number of hydrogen-bond acceptors (Lipinski definition) is 3. The fourth-order valence-corrected chi connectivity index (χ4v) is 2.18. The van der Waals surface area contributed by atoms with Crippen LogP contribution in [0.25, 0.3) is 10.9 Å². The second-order valence-corrected chi connectivity index (χ2v) is 5.26. The fraction of sp³-hybridized carbons (Fsp3) is 0.214. The van der Waals surface area contributed by atoms with Crippen molar-refractivity contribution in [2.24, 2.45) is 0 Å². The third-order valence-electron chi connectivity index (χ3n) is 2.78.